The predicted octanol–water partition coefficient (Wildman–Crippen LogP) is 0.847. The fourth-order valence-corrected chi connectivity index (χ4v) is 1.42. The molecule has 0 aliphatic carbocycles. The molecule has 1 N–H and O–H groups in total. The second kappa shape index (κ2) is 3.99. The van der Waals surface area contributed by atoms with Gasteiger partial charge in [0.25, 0.3) is 0 Å². The normalized spacial score (nSPS) is 10.2. The van der Waals surface area contributed by atoms with Gasteiger partial charge in [-0.3, -0.25) is 4.68 Å². The number of rotatable bonds is 4. The average Bonchev–Trinajstić information content (AvgIpc) is 2.75. The third kappa shape index (κ3) is 2.25. The Labute approximate surface area is 79.6 Å². The van der Waals surface area contributed by atoms with Crippen LogP contribution in [0.2, 0.25) is 0 Å². The SMILES string of the molecule is c1cnn(CCNc2ncns2)c1. The zero-order chi connectivity index (χ0) is 8.93. The van der Waals surface area contributed by atoms with Gasteiger partial charge in [0.1, 0.15) is 6.33 Å². The fourth-order valence-electron chi connectivity index (χ4n) is 0.961. The van der Waals surface area contributed by atoms with Gasteiger partial charge >= 0.3 is 0 Å². The molecular formula is C7H9N5S. The van der Waals surface area contributed by atoms with Crippen molar-refractivity contribution < 1.29 is 0 Å². The number of hydrogen-bond acceptors (Lipinski definition) is 5. The third-order valence-electron chi connectivity index (χ3n) is 1.54. The molecule has 13 heavy (non-hydrogen) atoms. The summed E-state index contributed by atoms with van der Waals surface area (Å²) in [6.45, 7) is 1.66. The lowest BCUT2D eigenvalue weighted by molar-refractivity contribution is 0.637. The van der Waals surface area contributed by atoms with E-state index in [0.29, 0.717) is 0 Å². The molecule has 0 atom stereocenters. The highest BCUT2D eigenvalue weighted by Crippen LogP contribution is 2.05. The molecule has 0 aromatic carbocycles. The van der Waals surface area contributed by atoms with E-state index in [1.54, 1.807) is 12.5 Å². The van der Waals surface area contributed by atoms with Crippen molar-refractivity contribution in [2.75, 3.05) is 11.9 Å². The van der Waals surface area contributed by atoms with Crippen molar-refractivity contribution in [2.45, 2.75) is 6.54 Å². The standard InChI is InChI=1S/C7H9N5S/c1-2-10-12(4-1)5-3-8-7-9-6-11-13-7/h1-2,4,6H,3,5H2,(H,8,9,11). The number of anilines is 1. The first kappa shape index (κ1) is 8.18. The summed E-state index contributed by atoms with van der Waals surface area (Å²) in [6, 6.07) is 1.91. The predicted molar refractivity (Wildman–Crippen MR) is 50.6 cm³/mol. The van der Waals surface area contributed by atoms with Gasteiger partial charge in [-0.15, -0.1) is 0 Å². The minimum absolute atomic E-state index is 0.816. The quantitative estimate of drug-likeness (QED) is 0.785. The Morgan fingerprint density at radius 1 is 1.54 bits per heavy atom. The first-order chi connectivity index (χ1) is 6.45. The van der Waals surface area contributed by atoms with Crippen LogP contribution < -0.4 is 5.32 Å². The molecule has 0 aliphatic heterocycles. The van der Waals surface area contributed by atoms with Crippen LogP contribution in [-0.4, -0.2) is 25.7 Å². The van der Waals surface area contributed by atoms with Crippen LogP contribution >= 0.6 is 11.5 Å². The van der Waals surface area contributed by atoms with Crippen LogP contribution in [-0.2, 0) is 6.54 Å². The molecule has 0 saturated carbocycles. The fraction of sp³-hybridized carbons (Fsp3) is 0.286. The van der Waals surface area contributed by atoms with Gasteiger partial charge in [-0.05, 0) is 6.07 Å². The van der Waals surface area contributed by atoms with E-state index in [-0.39, 0.29) is 0 Å². The van der Waals surface area contributed by atoms with Crippen LogP contribution in [0, 0.1) is 0 Å². The van der Waals surface area contributed by atoms with Crippen molar-refractivity contribution in [3.63, 3.8) is 0 Å². The Bertz CT molecular complexity index is 293. The smallest absolute Gasteiger partial charge is 0.202 e. The molecule has 6 heteroatoms. The molecule has 0 unspecified atom stereocenters. The number of nitrogens with one attached hydrogen (secondary N) is 1. The van der Waals surface area contributed by atoms with Gasteiger partial charge in [0.05, 0.1) is 6.54 Å². The van der Waals surface area contributed by atoms with Gasteiger partial charge in [-0.25, -0.2) is 4.98 Å². The van der Waals surface area contributed by atoms with E-state index in [2.05, 4.69) is 19.8 Å². The van der Waals surface area contributed by atoms with Crippen LogP contribution in [0.3, 0.4) is 0 Å². The lowest BCUT2D eigenvalue weighted by Crippen LogP contribution is -2.10. The summed E-state index contributed by atoms with van der Waals surface area (Å²) in [4.78, 5) is 4.00. The molecule has 68 valence electrons. The summed E-state index contributed by atoms with van der Waals surface area (Å²) in [5.74, 6) is 0. The van der Waals surface area contributed by atoms with Crippen LogP contribution in [0.25, 0.3) is 0 Å². The van der Waals surface area contributed by atoms with Crippen molar-refractivity contribution >= 4 is 16.7 Å². The second-order valence-corrected chi connectivity index (χ2v) is 3.22. The minimum atomic E-state index is 0.816. The zero-order valence-electron chi connectivity index (χ0n) is 6.92. The highest BCUT2D eigenvalue weighted by molar-refractivity contribution is 7.09. The number of hydrogen-bond donors (Lipinski definition) is 1. The monoisotopic (exact) mass is 195 g/mol. The second-order valence-electron chi connectivity index (χ2n) is 2.44. The first-order valence-electron chi connectivity index (χ1n) is 3.93. The Hall–Kier alpha value is -1.43. The summed E-state index contributed by atoms with van der Waals surface area (Å²) in [6.07, 6.45) is 5.24. The van der Waals surface area contributed by atoms with Crippen molar-refractivity contribution in [1.82, 2.24) is 19.1 Å². The Balaban J connectivity index is 1.76. The molecule has 2 rings (SSSR count). The van der Waals surface area contributed by atoms with Crippen molar-refractivity contribution in [1.29, 1.82) is 0 Å². The lowest BCUT2D eigenvalue weighted by Gasteiger charge is -2.01. The van der Waals surface area contributed by atoms with E-state index in [1.165, 1.54) is 11.5 Å². The molecule has 2 aromatic heterocycles. The van der Waals surface area contributed by atoms with E-state index in [0.717, 1.165) is 18.2 Å². The molecule has 0 bridgehead atoms. The van der Waals surface area contributed by atoms with Gasteiger partial charge in [0.15, 0.2) is 0 Å². The third-order valence-corrected chi connectivity index (χ3v) is 2.16. The molecule has 0 aliphatic rings. The molecule has 5 nitrogen and oxygen atoms in total. The van der Waals surface area contributed by atoms with E-state index >= 15 is 0 Å². The molecule has 0 saturated heterocycles. The molecule has 2 aromatic rings. The summed E-state index contributed by atoms with van der Waals surface area (Å²) in [5, 5.41) is 8.08. The maximum Gasteiger partial charge on any atom is 0.202 e. The number of aromatic nitrogens is 4. The van der Waals surface area contributed by atoms with Gasteiger partial charge in [0, 0.05) is 30.5 Å². The zero-order valence-corrected chi connectivity index (χ0v) is 7.74. The summed E-state index contributed by atoms with van der Waals surface area (Å²) >= 11 is 1.36. The minimum Gasteiger partial charge on any atom is -0.358 e. The first-order valence-corrected chi connectivity index (χ1v) is 4.70. The summed E-state index contributed by atoms with van der Waals surface area (Å²) < 4.78 is 5.75. The topological polar surface area (TPSA) is 55.6 Å². The summed E-state index contributed by atoms with van der Waals surface area (Å²) in [5.41, 5.74) is 0. The van der Waals surface area contributed by atoms with Crippen molar-refractivity contribution in [2.24, 2.45) is 0 Å². The van der Waals surface area contributed by atoms with E-state index in [4.69, 9.17) is 0 Å². The van der Waals surface area contributed by atoms with E-state index in [9.17, 15) is 0 Å². The van der Waals surface area contributed by atoms with Gasteiger partial charge in [0.2, 0.25) is 5.13 Å². The Morgan fingerprint density at radius 3 is 3.23 bits per heavy atom. The largest absolute Gasteiger partial charge is 0.358 e. The van der Waals surface area contributed by atoms with Gasteiger partial charge in [-0.1, -0.05) is 0 Å². The van der Waals surface area contributed by atoms with Gasteiger partial charge < -0.3 is 5.32 Å². The Kier molecular flexibility index (Phi) is 2.51. The molecule has 0 spiro atoms. The van der Waals surface area contributed by atoms with Crippen LogP contribution in [0.15, 0.2) is 24.8 Å². The van der Waals surface area contributed by atoms with Crippen LogP contribution in [0.4, 0.5) is 5.13 Å². The van der Waals surface area contributed by atoms with Crippen LogP contribution in [0.5, 0.6) is 0 Å². The highest BCUT2D eigenvalue weighted by Gasteiger charge is 1.94. The maximum absolute atomic E-state index is 4.08. The average molecular weight is 195 g/mol. The maximum atomic E-state index is 4.08. The van der Waals surface area contributed by atoms with E-state index in [1.807, 2.05) is 16.9 Å². The molecule has 0 amide bonds. The molecule has 2 heterocycles. The van der Waals surface area contributed by atoms with Crippen molar-refractivity contribution in [3.8, 4) is 0 Å². The summed E-state index contributed by atoms with van der Waals surface area (Å²) in [7, 11) is 0. The lowest BCUT2D eigenvalue weighted by atomic mass is 10.6. The van der Waals surface area contributed by atoms with E-state index < -0.39 is 0 Å². The van der Waals surface area contributed by atoms with Crippen molar-refractivity contribution in [3.05, 3.63) is 24.8 Å². The Morgan fingerprint density at radius 2 is 2.54 bits per heavy atom. The van der Waals surface area contributed by atoms with Crippen LogP contribution in [0.1, 0.15) is 0 Å². The highest BCUT2D eigenvalue weighted by atomic mass is 32.1. The molecule has 0 radical (unpaired) electrons. The number of nitrogens with zero attached hydrogens (tertiary/aromatic N) is 4. The van der Waals surface area contributed by atoms with Gasteiger partial charge in [-0.2, -0.15) is 9.47 Å². The molecule has 0 fully saturated rings. The molecular weight excluding hydrogens is 186 g/mol.